The van der Waals surface area contributed by atoms with Crippen molar-refractivity contribution in [2.75, 3.05) is 12.4 Å². The Morgan fingerprint density at radius 1 is 1.14 bits per heavy atom. The molecule has 0 saturated carbocycles. The van der Waals surface area contributed by atoms with Crippen LogP contribution in [-0.4, -0.2) is 27.0 Å². The van der Waals surface area contributed by atoms with Gasteiger partial charge in [-0.1, -0.05) is 31.2 Å². The number of carbonyl (C=O) groups is 1. The van der Waals surface area contributed by atoms with Gasteiger partial charge in [0.15, 0.2) is 0 Å². The highest BCUT2D eigenvalue weighted by atomic mass is 16.5. The molecular formula is C22H22N4O3. The number of imidazole rings is 1. The lowest BCUT2D eigenvalue weighted by molar-refractivity contribution is -0.116. The van der Waals surface area contributed by atoms with Crippen LogP contribution >= 0.6 is 0 Å². The van der Waals surface area contributed by atoms with Crippen LogP contribution in [0.2, 0.25) is 0 Å². The van der Waals surface area contributed by atoms with Crippen molar-refractivity contribution in [3.8, 4) is 5.75 Å². The van der Waals surface area contributed by atoms with Gasteiger partial charge in [-0.2, -0.15) is 0 Å². The van der Waals surface area contributed by atoms with Crippen LogP contribution in [0.15, 0.2) is 53.3 Å². The average Bonchev–Trinajstić information content (AvgIpc) is 3.11. The maximum atomic E-state index is 13.1. The second-order valence-electron chi connectivity index (χ2n) is 6.79. The smallest absolute Gasteiger partial charge is 0.262 e. The van der Waals surface area contributed by atoms with Crippen LogP contribution in [0.5, 0.6) is 5.75 Å². The van der Waals surface area contributed by atoms with E-state index in [9.17, 15) is 9.59 Å². The molecule has 0 spiro atoms. The highest BCUT2D eigenvalue weighted by molar-refractivity contribution is 5.92. The Kier molecular flexibility index (Phi) is 4.80. The fourth-order valence-electron chi connectivity index (χ4n) is 3.67. The van der Waals surface area contributed by atoms with E-state index < -0.39 is 0 Å². The molecule has 0 atom stereocenters. The van der Waals surface area contributed by atoms with Crippen molar-refractivity contribution in [1.82, 2.24) is 14.0 Å². The quantitative estimate of drug-likeness (QED) is 0.568. The van der Waals surface area contributed by atoms with Crippen molar-refractivity contribution >= 4 is 28.4 Å². The van der Waals surface area contributed by atoms with Crippen LogP contribution in [-0.2, 0) is 17.8 Å². The van der Waals surface area contributed by atoms with E-state index in [0.717, 1.165) is 16.7 Å². The monoisotopic (exact) mass is 390 g/mol. The van der Waals surface area contributed by atoms with Gasteiger partial charge in [-0.05, 0) is 37.6 Å². The number of para-hydroxylation sites is 4. The van der Waals surface area contributed by atoms with E-state index in [1.54, 1.807) is 28.2 Å². The third kappa shape index (κ3) is 3.14. The molecule has 7 nitrogen and oxygen atoms in total. The minimum atomic E-state index is -0.225. The molecule has 2 aromatic heterocycles. The first-order chi connectivity index (χ1) is 14.0. The second-order valence-corrected chi connectivity index (χ2v) is 6.79. The zero-order valence-electron chi connectivity index (χ0n) is 16.6. The third-order valence-corrected chi connectivity index (χ3v) is 5.12. The molecule has 0 aliphatic heterocycles. The Hall–Kier alpha value is -3.61. The number of hydrogen-bond donors (Lipinski definition) is 1. The standard InChI is InChI=1S/C22H22N4O3/c1-4-15-14(2)25(13-20(27)23-17-10-6-8-12-19(17)29-3)22-24-16-9-5-7-11-18(16)26(22)21(15)28/h5-12H,4,13H2,1-3H3,(H,23,27). The molecule has 7 heteroatoms. The molecule has 0 aliphatic rings. The number of methoxy groups -OCH3 is 1. The topological polar surface area (TPSA) is 77.6 Å². The summed E-state index contributed by atoms with van der Waals surface area (Å²) in [5.41, 5.74) is 3.38. The Morgan fingerprint density at radius 3 is 2.62 bits per heavy atom. The number of hydrogen-bond acceptors (Lipinski definition) is 4. The molecule has 0 bridgehead atoms. The van der Waals surface area contributed by atoms with Gasteiger partial charge in [-0.25, -0.2) is 9.38 Å². The predicted molar refractivity (Wildman–Crippen MR) is 113 cm³/mol. The Morgan fingerprint density at radius 2 is 1.86 bits per heavy atom. The molecule has 4 rings (SSSR count). The maximum absolute atomic E-state index is 13.1. The maximum Gasteiger partial charge on any atom is 0.262 e. The van der Waals surface area contributed by atoms with E-state index in [1.165, 1.54) is 0 Å². The zero-order valence-corrected chi connectivity index (χ0v) is 16.6. The summed E-state index contributed by atoms with van der Waals surface area (Å²) in [6.07, 6.45) is 0.571. The van der Waals surface area contributed by atoms with Gasteiger partial charge in [0.05, 0.1) is 23.8 Å². The lowest BCUT2D eigenvalue weighted by Crippen LogP contribution is -2.28. The first-order valence-corrected chi connectivity index (χ1v) is 9.47. The summed E-state index contributed by atoms with van der Waals surface area (Å²) in [6, 6.07) is 14.7. The van der Waals surface area contributed by atoms with Gasteiger partial charge in [0.2, 0.25) is 11.7 Å². The number of benzene rings is 2. The number of amides is 1. The van der Waals surface area contributed by atoms with Gasteiger partial charge in [0.25, 0.3) is 5.56 Å². The molecule has 29 heavy (non-hydrogen) atoms. The van der Waals surface area contributed by atoms with Gasteiger partial charge in [-0.15, -0.1) is 0 Å². The normalized spacial score (nSPS) is 11.1. The molecule has 4 aromatic rings. The molecule has 1 N–H and O–H groups in total. The Labute approximate surface area is 167 Å². The van der Waals surface area contributed by atoms with Gasteiger partial charge in [0, 0.05) is 11.3 Å². The summed E-state index contributed by atoms with van der Waals surface area (Å²) >= 11 is 0. The van der Waals surface area contributed by atoms with Gasteiger partial charge in [-0.3, -0.25) is 9.59 Å². The number of nitrogens with one attached hydrogen (secondary N) is 1. The highest BCUT2D eigenvalue weighted by Gasteiger charge is 2.19. The molecular weight excluding hydrogens is 368 g/mol. The Bertz CT molecular complexity index is 1290. The van der Waals surface area contributed by atoms with Gasteiger partial charge in [0.1, 0.15) is 12.3 Å². The molecule has 2 heterocycles. The van der Waals surface area contributed by atoms with Crippen LogP contribution in [0.1, 0.15) is 18.2 Å². The SMILES string of the molecule is CCc1c(C)n(CC(=O)Nc2ccccc2OC)c2nc3ccccc3n2c1=O. The van der Waals surface area contributed by atoms with Crippen LogP contribution in [0.25, 0.3) is 16.8 Å². The van der Waals surface area contributed by atoms with Crippen LogP contribution < -0.4 is 15.6 Å². The summed E-state index contributed by atoms with van der Waals surface area (Å²) in [5.74, 6) is 0.821. The number of ether oxygens (including phenoxy) is 1. The van der Waals surface area contributed by atoms with E-state index in [4.69, 9.17) is 4.74 Å². The van der Waals surface area contributed by atoms with E-state index in [0.29, 0.717) is 29.2 Å². The van der Waals surface area contributed by atoms with E-state index >= 15 is 0 Å². The number of rotatable bonds is 5. The largest absolute Gasteiger partial charge is 0.495 e. The van der Waals surface area contributed by atoms with Crippen molar-refractivity contribution in [1.29, 1.82) is 0 Å². The molecule has 0 fully saturated rings. The summed E-state index contributed by atoms with van der Waals surface area (Å²) in [4.78, 5) is 30.5. The van der Waals surface area contributed by atoms with E-state index in [1.807, 2.05) is 50.2 Å². The van der Waals surface area contributed by atoms with Crippen molar-refractivity contribution in [2.24, 2.45) is 0 Å². The molecule has 0 aliphatic carbocycles. The van der Waals surface area contributed by atoms with Gasteiger partial charge >= 0.3 is 0 Å². The van der Waals surface area contributed by atoms with Crippen molar-refractivity contribution in [3.05, 3.63) is 70.1 Å². The number of nitrogens with zero attached hydrogens (tertiary/aromatic N) is 3. The zero-order chi connectivity index (χ0) is 20.5. The highest BCUT2D eigenvalue weighted by Crippen LogP contribution is 2.23. The number of fused-ring (bicyclic) bond motifs is 3. The average molecular weight is 390 g/mol. The summed E-state index contributed by atoms with van der Waals surface area (Å²) in [5, 5.41) is 2.89. The summed E-state index contributed by atoms with van der Waals surface area (Å²) in [6.45, 7) is 3.83. The molecule has 0 saturated heterocycles. The number of carbonyl (C=O) groups excluding carboxylic acids is 1. The number of aromatic nitrogens is 3. The third-order valence-electron chi connectivity index (χ3n) is 5.12. The van der Waals surface area contributed by atoms with Crippen molar-refractivity contribution < 1.29 is 9.53 Å². The summed E-state index contributed by atoms with van der Waals surface area (Å²) < 4.78 is 8.69. The minimum Gasteiger partial charge on any atom is -0.495 e. The first-order valence-electron chi connectivity index (χ1n) is 9.47. The van der Waals surface area contributed by atoms with E-state index in [-0.39, 0.29) is 18.0 Å². The minimum absolute atomic E-state index is 0.0317. The molecule has 148 valence electrons. The van der Waals surface area contributed by atoms with Crippen molar-refractivity contribution in [3.63, 3.8) is 0 Å². The fraction of sp³-hybridized carbons (Fsp3) is 0.227. The first kappa shape index (κ1) is 18.7. The lowest BCUT2D eigenvalue weighted by atomic mass is 10.2. The Balaban J connectivity index is 1.83. The fourth-order valence-corrected chi connectivity index (χ4v) is 3.67. The molecule has 0 radical (unpaired) electrons. The summed E-state index contributed by atoms with van der Waals surface area (Å²) in [7, 11) is 1.56. The van der Waals surface area contributed by atoms with Crippen molar-refractivity contribution in [2.45, 2.75) is 26.8 Å². The number of anilines is 1. The molecule has 1 amide bonds. The van der Waals surface area contributed by atoms with Crippen LogP contribution in [0, 0.1) is 6.92 Å². The van der Waals surface area contributed by atoms with E-state index in [2.05, 4.69) is 10.3 Å². The van der Waals surface area contributed by atoms with Crippen LogP contribution in [0.4, 0.5) is 5.69 Å². The lowest BCUT2D eigenvalue weighted by Gasteiger charge is -2.16. The second kappa shape index (κ2) is 7.43. The van der Waals surface area contributed by atoms with Gasteiger partial charge < -0.3 is 14.6 Å². The molecule has 2 aromatic carbocycles. The predicted octanol–water partition coefficient (Wildman–Crippen LogP) is 3.17. The molecule has 0 unspecified atom stereocenters. The van der Waals surface area contributed by atoms with Crippen LogP contribution in [0.3, 0.4) is 0 Å².